The van der Waals surface area contributed by atoms with E-state index in [1.54, 1.807) is 0 Å². The number of likely N-dealkylation sites (N-methyl/N-ethyl adjacent to an activating group) is 1. The van der Waals surface area contributed by atoms with Gasteiger partial charge >= 0.3 is 117 Å². The van der Waals surface area contributed by atoms with E-state index in [-0.39, 0.29) is 0 Å². The van der Waals surface area contributed by atoms with E-state index in [0.29, 0.717) is 0 Å². The van der Waals surface area contributed by atoms with Crippen LogP contribution >= 0.6 is 38.3 Å². The molecule has 0 N–H and O–H groups in total. The van der Waals surface area contributed by atoms with Gasteiger partial charge in [-0.25, -0.2) is 0 Å². The molecule has 0 fully saturated rings. The Bertz CT molecular complexity index is 445. The van der Waals surface area contributed by atoms with E-state index in [1.165, 1.54) is 14.9 Å². The summed E-state index contributed by atoms with van der Waals surface area (Å²) >= 11 is 11.3. The second-order valence-corrected chi connectivity index (χ2v) is 56.5. The molecule has 2 heterocycles. The fourth-order valence-corrected chi connectivity index (χ4v) is 16.5. The molecule has 2 rings (SSSR count). The Morgan fingerprint density at radius 1 is 1.31 bits per heavy atom. The van der Waals surface area contributed by atoms with Crippen LogP contribution in [-0.2, 0) is 3.10 Å². The molecule has 2 aliphatic rings. The molecule has 0 amide bonds. The summed E-state index contributed by atoms with van der Waals surface area (Å²) in [4.78, 5) is 2.24. The fourth-order valence-electron chi connectivity index (χ4n) is 1.99. The molecule has 16 heavy (non-hydrogen) atoms. The molecule has 0 aromatic rings. The van der Waals surface area contributed by atoms with Crippen LogP contribution in [0.3, 0.4) is 0 Å². The number of nitrogens with zero attached hydrogens (tertiary/aromatic N) is 1. The summed E-state index contributed by atoms with van der Waals surface area (Å²) in [6.07, 6.45) is 4.35. The number of halogens is 3. The Balaban J connectivity index is 2.60. The van der Waals surface area contributed by atoms with Crippen molar-refractivity contribution in [3.8, 4) is 0 Å². The van der Waals surface area contributed by atoms with Gasteiger partial charge in [0, 0.05) is 0 Å². The van der Waals surface area contributed by atoms with Gasteiger partial charge in [0.15, 0.2) is 0 Å². The predicted octanol–water partition coefficient (Wildman–Crippen LogP) is 4.26. The van der Waals surface area contributed by atoms with E-state index >= 15 is 0 Å². The Hall–Kier alpha value is 1.05. The Labute approximate surface area is 116 Å². The van der Waals surface area contributed by atoms with Crippen LogP contribution in [0.25, 0.3) is 0 Å². The first-order chi connectivity index (χ1) is 7.23. The third-order valence-corrected chi connectivity index (χ3v) is 17.9. The number of fused-ring (bicyclic) bond motifs is 1. The minimum atomic E-state index is -3.53. The van der Waals surface area contributed by atoms with E-state index in [2.05, 4.69) is 69.3 Å². The molecule has 0 atom stereocenters. The number of allylic oxidation sites excluding steroid dienone is 4. The van der Waals surface area contributed by atoms with Crippen LogP contribution in [0.1, 0.15) is 20.8 Å². The minimum absolute atomic E-state index is 0.946. The molecular formula is C10H14Br3NOTe. The molecular weight excluding hydrogens is 517 g/mol. The summed E-state index contributed by atoms with van der Waals surface area (Å²) < 4.78 is 7.29. The van der Waals surface area contributed by atoms with Gasteiger partial charge < -0.3 is 0 Å². The first kappa shape index (κ1) is 13.5. The zero-order valence-electron chi connectivity index (χ0n) is 9.30. The second kappa shape index (κ2) is 4.03. The molecule has 92 valence electrons. The first-order valence-corrected chi connectivity index (χ1v) is 24.5. The van der Waals surface area contributed by atoms with E-state index in [0.717, 1.165) is 12.3 Å². The van der Waals surface area contributed by atoms with Crippen molar-refractivity contribution in [3.05, 3.63) is 32.9 Å². The van der Waals surface area contributed by atoms with Crippen LogP contribution in [-0.4, -0.2) is 22.0 Å². The Morgan fingerprint density at radius 3 is 2.50 bits per heavy atom. The van der Waals surface area contributed by atoms with Gasteiger partial charge in [0.05, 0.1) is 0 Å². The molecule has 0 bridgehead atoms. The molecule has 0 aromatic carbocycles. The normalized spacial score (nSPS) is 28.6. The van der Waals surface area contributed by atoms with Crippen LogP contribution in [0, 0.1) is 0 Å². The maximum absolute atomic E-state index is 6.05. The van der Waals surface area contributed by atoms with E-state index in [4.69, 9.17) is 3.10 Å². The van der Waals surface area contributed by atoms with E-state index < -0.39 is 10.6 Å². The van der Waals surface area contributed by atoms with Crippen molar-refractivity contribution in [1.29, 1.82) is 0 Å². The summed E-state index contributed by atoms with van der Waals surface area (Å²) in [6.45, 7) is 7.21. The molecule has 0 spiro atoms. The standard InChI is InChI=1S/C10H14Br3NOTe/c1-4-14-6-7(2)5-9-10(14)8(3)15-16(9,11,12)13/h5-6,16H,4H2,1-3H3. The average molecular weight is 532 g/mol. The van der Waals surface area contributed by atoms with Crippen molar-refractivity contribution in [3.63, 3.8) is 0 Å². The summed E-state index contributed by atoms with van der Waals surface area (Å²) in [5.41, 5.74) is 2.44. The first-order valence-electron chi connectivity index (χ1n) is 4.99. The molecule has 0 saturated heterocycles. The van der Waals surface area contributed by atoms with Gasteiger partial charge in [-0.15, -0.1) is 0 Å². The molecule has 0 aromatic heterocycles. The van der Waals surface area contributed by atoms with Crippen LogP contribution in [0.2, 0.25) is 0 Å². The van der Waals surface area contributed by atoms with Gasteiger partial charge in [-0.05, 0) is 0 Å². The van der Waals surface area contributed by atoms with Crippen molar-refractivity contribution in [1.82, 2.24) is 4.90 Å². The summed E-state index contributed by atoms with van der Waals surface area (Å²) in [6, 6.07) is 0. The molecule has 0 radical (unpaired) electrons. The topological polar surface area (TPSA) is 12.5 Å². The van der Waals surface area contributed by atoms with Crippen molar-refractivity contribution >= 4 is 48.9 Å². The molecule has 0 aliphatic carbocycles. The van der Waals surface area contributed by atoms with Gasteiger partial charge in [-0.3, -0.25) is 0 Å². The number of hydrogen-bond donors (Lipinski definition) is 0. The van der Waals surface area contributed by atoms with E-state index in [9.17, 15) is 0 Å². The fraction of sp³-hybridized carbons (Fsp3) is 0.400. The summed E-state index contributed by atoms with van der Waals surface area (Å²) in [5.74, 6) is 0.976. The van der Waals surface area contributed by atoms with Gasteiger partial charge in [-0.2, -0.15) is 0 Å². The zero-order chi connectivity index (χ0) is 12.2. The van der Waals surface area contributed by atoms with Gasteiger partial charge in [0.2, 0.25) is 0 Å². The van der Waals surface area contributed by atoms with Gasteiger partial charge in [0.1, 0.15) is 0 Å². The second-order valence-electron chi connectivity index (χ2n) is 3.93. The zero-order valence-corrected chi connectivity index (χ0v) is 16.6. The third-order valence-electron chi connectivity index (χ3n) is 2.59. The Kier molecular flexibility index (Phi) is 3.39. The van der Waals surface area contributed by atoms with Crippen molar-refractivity contribution in [2.75, 3.05) is 6.54 Å². The van der Waals surface area contributed by atoms with Gasteiger partial charge in [-0.1, -0.05) is 0 Å². The monoisotopic (exact) mass is 531 g/mol. The SMILES string of the molecule is CCN1C=C(C)C=C2C1=C(C)O[TeH]2(Br)(Br)Br. The molecule has 2 aliphatic heterocycles. The third kappa shape index (κ3) is 2.16. The Morgan fingerprint density at radius 2 is 1.94 bits per heavy atom. The predicted molar refractivity (Wildman–Crippen MR) is 81.9 cm³/mol. The average Bonchev–Trinajstić information content (AvgIpc) is 2.32. The molecule has 0 saturated carbocycles. The van der Waals surface area contributed by atoms with Crippen LogP contribution in [0.15, 0.2) is 32.9 Å². The maximum atomic E-state index is 6.05. The van der Waals surface area contributed by atoms with Crippen molar-refractivity contribution < 1.29 is 3.10 Å². The van der Waals surface area contributed by atoms with Crippen LogP contribution < -0.4 is 0 Å². The van der Waals surface area contributed by atoms with E-state index in [1.807, 2.05) is 6.92 Å². The van der Waals surface area contributed by atoms with Crippen LogP contribution in [0.4, 0.5) is 0 Å². The summed E-state index contributed by atoms with van der Waals surface area (Å²) in [7, 11) is -3.53. The van der Waals surface area contributed by atoms with Crippen molar-refractivity contribution in [2.45, 2.75) is 20.8 Å². The number of hydrogen-bond acceptors (Lipinski definition) is 2. The molecule has 2 nitrogen and oxygen atoms in total. The van der Waals surface area contributed by atoms with Crippen LogP contribution in [0.5, 0.6) is 0 Å². The molecule has 0 unspecified atom stereocenters. The van der Waals surface area contributed by atoms with Gasteiger partial charge in [0.25, 0.3) is 0 Å². The quantitative estimate of drug-likeness (QED) is 0.469. The summed E-state index contributed by atoms with van der Waals surface area (Å²) in [5, 5.41) is 0. The molecule has 6 heteroatoms. The number of rotatable bonds is 1. The van der Waals surface area contributed by atoms with Crippen molar-refractivity contribution in [2.24, 2.45) is 0 Å².